The van der Waals surface area contributed by atoms with Crippen LogP contribution in [0.15, 0.2) is 54.7 Å². The fraction of sp³-hybridized carbons (Fsp3) is 0.280. The SMILES string of the molecule is CNC(=O)c1ccc(Nc2nc(-c3cccc(OCC(=O)NC(C)(C)C)c3)ncc2OC)cc1. The number of nitrogens with zero attached hydrogens (tertiary/aromatic N) is 2. The molecular weight excluding hydrogens is 434 g/mol. The van der Waals surface area contributed by atoms with Crippen LogP contribution in [-0.4, -0.2) is 48.1 Å². The molecule has 3 N–H and O–H groups in total. The monoisotopic (exact) mass is 463 g/mol. The Balaban J connectivity index is 1.78. The molecule has 0 aliphatic heterocycles. The van der Waals surface area contributed by atoms with Gasteiger partial charge >= 0.3 is 0 Å². The number of hydrogen-bond acceptors (Lipinski definition) is 7. The van der Waals surface area contributed by atoms with Crippen LogP contribution < -0.4 is 25.4 Å². The number of ether oxygens (including phenoxy) is 2. The lowest BCUT2D eigenvalue weighted by molar-refractivity contribution is -0.124. The van der Waals surface area contributed by atoms with E-state index in [9.17, 15) is 9.59 Å². The average molecular weight is 464 g/mol. The molecule has 1 aromatic heterocycles. The fourth-order valence-corrected chi connectivity index (χ4v) is 3.06. The molecule has 0 spiro atoms. The quantitative estimate of drug-likeness (QED) is 0.468. The van der Waals surface area contributed by atoms with Gasteiger partial charge in [0.05, 0.1) is 13.3 Å². The van der Waals surface area contributed by atoms with Crippen molar-refractivity contribution in [3.63, 3.8) is 0 Å². The third-order valence-electron chi connectivity index (χ3n) is 4.59. The summed E-state index contributed by atoms with van der Waals surface area (Å²) in [5.41, 5.74) is 1.68. The summed E-state index contributed by atoms with van der Waals surface area (Å²) in [6.07, 6.45) is 1.58. The normalized spacial score (nSPS) is 10.9. The Morgan fingerprint density at radius 2 is 1.79 bits per heavy atom. The van der Waals surface area contributed by atoms with Crippen LogP contribution in [-0.2, 0) is 4.79 Å². The molecule has 34 heavy (non-hydrogen) atoms. The van der Waals surface area contributed by atoms with Crippen LogP contribution in [0.4, 0.5) is 11.5 Å². The zero-order chi connectivity index (χ0) is 24.7. The molecule has 0 aliphatic carbocycles. The van der Waals surface area contributed by atoms with Gasteiger partial charge in [-0.15, -0.1) is 0 Å². The standard InChI is InChI=1S/C25H29N5O4/c1-25(2,3)30-21(31)15-34-19-8-6-7-17(13-19)22-27-14-20(33-5)23(29-22)28-18-11-9-16(10-12-18)24(32)26-4/h6-14H,15H2,1-5H3,(H,26,32)(H,30,31)(H,27,28,29). The molecule has 0 aliphatic rings. The zero-order valence-electron chi connectivity index (χ0n) is 19.9. The smallest absolute Gasteiger partial charge is 0.258 e. The van der Waals surface area contributed by atoms with Crippen LogP contribution in [0.25, 0.3) is 11.4 Å². The molecule has 3 aromatic rings. The van der Waals surface area contributed by atoms with E-state index in [-0.39, 0.29) is 24.0 Å². The zero-order valence-corrected chi connectivity index (χ0v) is 19.9. The van der Waals surface area contributed by atoms with Crippen molar-refractivity contribution in [1.82, 2.24) is 20.6 Å². The number of benzene rings is 2. The summed E-state index contributed by atoms with van der Waals surface area (Å²) in [7, 11) is 3.12. The highest BCUT2D eigenvalue weighted by Gasteiger charge is 2.15. The summed E-state index contributed by atoms with van der Waals surface area (Å²) in [5, 5.41) is 8.65. The second-order valence-electron chi connectivity index (χ2n) is 8.51. The molecule has 0 atom stereocenters. The summed E-state index contributed by atoms with van der Waals surface area (Å²) in [6, 6.07) is 14.2. The first kappa shape index (κ1) is 24.5. The molecule has 0 fully saturated rings. The number of aromatic nitrogens is 2. The molecule has 1 heterocycles. The van der Waals surface area contributed by atoms with Crippen molar-refractivity contribution in [3.05, 3.63) is 60.3 Å². The van der Waals surface area contributed by atoms with Crippen molar-refractivity contribution in [3.8, 4) is 22.9 Å². The molecular formula is C25H29N5O4. The summed E-state index contributed by atoms with van der Waals surface area (Å²) < 4.78 is 11.0. The first-order valence-corrected chi connectivity index (χ1v) is 10.7. The Morgan fingerprint density at radius 1 is 1.06 bits per heavy atom. The highest BCUT2D eigenvalue weighted by Crippen LogP contribution is 2.29. The van der Waals surface area contributed by atoms with E-state index in [0.29, 0.717) is 28.7 Å². The van der Waals surface area contributed by atoms with Crippen LogP contribution in [0.3, 0.4) is 0 Å². The van der Waals surface area contributed by atoms with Gasteiger partial charge in [0, 0.05) is 29.4 Å². The van der Waals surface area contributed by atoms with Crippen LogP contribution in [0.2, 0.25) is 0 Å². The minimum Gasteiger partial charge on any atom is -0.491 e. The minimum atomic E-state index is -0.328. The van der Waals surface area contributed by atoms with Crippen LogP contribution in [0.1, 0.15) is 31.1 Å². The average Bonchev–Trinajstić information content (AvgIpc) is 2.82. The number of carbonyl (C=O) groups excluding carboxylic acids is 2. The Kier molecular flexibility index (Phi) is 7.68. The molecule has 0 saturated heterocycles. The first-order valence-electron chi connectivity index (χ1n) is 10.7. The number of anilines is 2. The fourth-order valence-electron chi connectivity index (χ4n) is 3.06. The predicted molar refractivity (Wildman–Crippen MR) is 131 cm³/mol. The third kappa shape index (κ3) is 6.68. The van der Waals surface area contributed by atoms with Gasteiger partial charge in [-0.25, -0.2) is 9.97 Å². The van der Waals surface area contributed by atoms with Crippen molar-refractivity contribution in [2.45, 2.75) is 26.3 Å². The maximum Gasteiger partial charge on any atom is 0.258 e. The summed E-state index contributed by atoms with van der Waals surface area (Å²) >= 11 is 0. The summed E-state index contributed by atoms with van der Waals surface area (Å²) in [4.78, 5) is 32.8. The maximum absolute atomic E-state index is 12.0. The van der Waals surface area contributed by atoms with Crippen molar-refractivity contribution in [2.24, 2.45) is 0 Å². The third-order valence-corrected chi connectivity index (χ3v) is 4.59. The van der Waals surface area contributed by atoms with E-state index in [0.717, 1.165) is 11.3 Å². The van der Waals surface area contributed by atoms with Gasteiger partial charge in [0.1, 0.15) is 5.75 Å². The lowest BCUT2D eigenvalue weighted by Gasteiger charge is -2.20. The highest BCUT2D eigenvalue weighted by molar-refractivity contribution is 5.94. The molecule has 9 heteroatoms. The van der Waals surface area contributed by atoms with Crippen molar-refractivity contribution < 1.29 is 19.1 Å². The molecule has 178 valence electrons. The van der Waals surface area contributed by atoms with Crippen LogP contribution in [0.5, 0.6) is 11.5 Å². The Hall–Kier alpha value is -4.14. The Morgan fingerprint density at radius 3 is 2.44 bits per heavy atom. The van der Waals surface area contributed by atoms with E-state index >= 15 is 0 Å². The van der Waals surface area contributed by atoms with Crippen molar-refractivity contribution >= 4 is 23.3 Å². The first-order chi connectivity index (χ1) is 16.2. The van der Waals surface area contributed by atoms with Gasteiger partial charge in [0.15, 0.2) is 24.0 Å². The van der Waals surface area contributed by atoms with E-state index in [1.807, 2.05) is 32.9 Å². The van der Waals surface area contributed by atoms with Crippen LogP contribution >= 0.6 is 0 Å². The van der Waals surface area contributed by atoms with Gasteiger partial charge in [0.2, 0.25) is 0 Å². The topological polar surface area (TPSA) is 114 Å². The Bertz CT molecular complexity index is 1160. The van der Waals surface area contributed by atoms with Gasteiger partial charge in [-0.05, 0) is 57.2 Å². The summed E-state index contributed by atoms with van der Waals surface area (Å²) in [5.74, 6) is 1.55. The van der Waals surface area contributed by atoms with E-state index in [4.69, 9.17) is 9.47 Å². The number of hydrogen-bond donors (Lipinski definition) is 3. The molecule has 2 aromatic carbocycles. The van der Waals surface area contributed by atoms with Gasteiger partial charge < -0.3 is 25.4 Å². The largest absolute Gasteiger partial charge is 0.491 e. The minimum absolute atomic E-state index is 0.0942. The van der Waals surface area contributed by atoms with Crippen molar-refractivity contribution in [2.75, 3.05) is 26.1 Å². The van der Waals surface area contributed by atoms with Gasteiger partial charge in [-0.3, -0.25) is 9.59 Å². The van der Waals surface area contributed by atoms with E-state index in [1.165, 1.54) is 7.11 Å². The van der Waals surface area contributed by atoms with E-state index < -0.39 is 0 Å². The van der Waals surface area contributed by atoms with E-state index in [2.05, 4.69) is 25.9 Å². The molecule has 9 nitrogen and oxygen atoms in total. The molecule has 2 amide bonds. The van der Waals surface area contributed by atoms with Gasteiger partial charge in [-0.2, -0.15) is 0 Å². The van der Waals surface area contributed by atoms with Crippen molar-refractivity contribution in [1.29, 1.82) is 0 Å². The van der Waals surface area contributed by atoms with Crippen LogP contribution in [0, 0.1) is 0 Å². The molecule has 0 saturated carbocycles. The molecule has 0 radical (unpaired) electrons. The van der Waals surface area contributed by atoms with Gasteiger partial charge in [-0.1, -0.05) is 12.1 Å². The number of rotatable bonds is 8. The number of nitrogens with one attached hydrogen (secondary N) is 3. The maximum atomic E-state index is 12.0. The van der Waals surface area contributed by atoms with E-state index in [1.54, 1.807) is 49.6 Å². The lowest BCUT2D eigenvalue weighted by Crippen LogP contribution is -2.43. The number of carbonyl (C=O) groups is 2. The Labute approximate surface area is 198 Å². The lowest BCUT2D eigenvalue weighted by atomic mass is 10.1. The van der Waals surface area contributed by atoms with Gasteiger partial charge in [0.25, 0.3) is 11.8 Å². The second-order valence-corrected chi connectivity index (χ2v) is 8.51. The molecule has 3 rings (SSSR count). The predicted octanol–water partition coefficient (Wildman–Crippen LogP) is 3.55. The molecule has 0 bridgehead atoms. The number of methoxy groups -OCH3 is 1. The summed E-state index contributed by atoms with van der Waals surface area (Å²) in [6.45, 7) is 5.64. The highest BCUT2D eigenvalue weighted by atomic mass is 16.5. The number of amides is 2. The second kappa shape index (κ2) is 10.7. The molecule has 0 unspecified atom stereocenters.